The van der Waals surface area contributed by atoms with Gasteiger partial charge in [0.25, 0.3) is 0 Å². The van der Waals surface area contributed by atoms with E-state index in [1.165, 1.54) is 24.8 Å². The van der Waals surface area contributed by atoms with Gasteiger partial charge in [0.15, 0.2) is 0 Å². The first kappa shape index (κ1) is 11.0. The second kappa shape index (κ2) is 4.30. The molecule has 1 aromatic heterocycles. The van der Waals surface area contributed by atoms with Crippen molar-refractivity contribution in [1.29, 1.82) is 0 Å². The van der Waals surface area contributed by atoms with Gasteiger partial charge in [-0.3, -0.25) is 0 Å². The van der Waals surface area contributed by atoms with Crippen LogP contribution in [0.15, 0.2) is 18.3 Å². The molecule has 2 aliphatic rings. The molecule has 0 bridgehead atoms. The lowest BCUT2D eigenvalue weighted by Gasteiger charge is -2.40. The first-order valence-electron chi connectivity index (χ1n) is 6.66. The van der Waals surface area contributed by atoms with Gasteiger partial charge in [-0.25, -0.2) is 4.98 Å². The van der Waals surface area contributed by atoms with Gasteiger partial charge in [-0.2, -0.15) is 0 Å². The van der Waals surface area contributed by atoms with E-state index < -0.39 is 0 Å². The standard InChI is InChI=1S/C14H20N2O/c17-11-14(6-3-7-14)12-4-5-13(15-10-12)16-8-1-2-9-16/h4-5,10,17H,1-3,6-9,11H2. The molecule has 3 nitrogen and oxygen atoms in total. The molecule has 0 aromatic carbocycles. The molecular formula is C14H20N2O. The Morgan fingerprint density at radius 1 is 1.18 bits per heavy atom. The summed E-state index contributed by atoms with van der Waals surface area (Å²) in [5.41, 5.74) is 1.24. The van der Waals surface area contributed by atoms with E-state index in [1.54, 1.807) is 0 Å². The van der Waals surface area contributed by atoms with Gasteiger partial charge in [0.05, 0.1) is 6.61 Å². The van der Waals surface area contributed by atoms with Gasteiger partial charge in [-0.15, -0.1) is 0 Å². The predicted octanol–water partition coefficient (Wildman–Crippen LogP) is 2.10. The maximum atomic E-state index is 9.53. The van der Waals surface area contributed by atoms with E-state index in [0.29, 0.717) is 0 Å². The minimum atomic E-state index is 0.0243. The molecule has 0 amide bonds. The Morgan fingerprint density at radius 2 is 1.94 bits per heavy atom. The second-order valence-electron chi connectivity index (χ2n) is 5.39. The Morgan fingerprint density at radius 3 is 2.41 bits per heavy atom. The molecule has 0 radical (unpaired) electrons. The molecule has 0 atom stereocenters. The molecule has 17 heavy (non-hydrogen) atoms. The number of nitrogens with zero attached hydrogens (tertiary/aromatic N) is 2. The third kappa shape index (κ3) is 1.82. The smallest absolute Gasteiger partial charge is 0.128 e. The fourth-order valence-corrected chi connectivity index (χ4v) is 2.97. The number of rotatable bonds is 3. The Kier molecular flexibility index (Phi) is 2.79. The first-order chi connectivity index (χ1) is 8.34. The van der Waals surface area contributed by atoms with Crippen molar-refractivity contribution in [3.8, 4) is 0 Å². The molecular weight excluding hydrogens is 212 g/mol. The van der Waals surface area contributed by atoms with E-state index in [1.807, 2.05) is 6.20 Å². The number of hydrogen-bond donors (Lipinski definition) is 1. The zero-order valence-corrected chi connectivity index (χ0v) is 10.2. The SMILES string of the molecule is OCC1(c2ccc(N3CCCC3)nc2)CCC1. The van der Waals surface area contributed by atoms with Gasteiger partial charge in [-0.1, -0.05) is 12.5 Å². The lowest BCUT2D eigenvalue weighted by Crippen LogP contribution is -2.38. The van der Waals surface area contributed by atoms with Crippen LogP contribution in [0.2, 0.25) is 0 Å². The summed E-state index contributed by atoms with van der Waals surface area (Å²) in [7, 11) is 0. The van der Waals surface area contributed by atoms with Gasteiger partial charge >= 0.3 is 0 Å². The summed E-state index contributed by atoms with van der Waals surface area (Å²) in [6.07, 6.45) is 7.98. The number of anilines is 1. The van der Waals surface area contributed by atoms with E-state index in [9.17, 15) is 5.11 Å². The molecule has 0 spiro atoms. The maximum Gasteiger partial charge on any atom is 0.128 e. The molecule has 3 rings (SSSR count). The first-order valence-corrected chi connectivity index (χ1v) is 6.66. The van der Waals surface area contributed by atoms with Crippen LogP contribution in [0.4, 0.5) is 5.82 Å². The van der Waals surface area contributed by atoms with E-state index in [0.717, 1.165) is 31.7 Å². The molecule has 2 heterocycles. The highest BCUT2D eigenvalue weighted by molar-refractivity contribution is 5.42. The second-order valence-corrected chi connectivity index (χ2v) is 5.39. The lowest BCUT2D eigenvalue weighted by atomic mass is 9.65. The molecule has 92 valence electrons. The van der Waals surface area contributed by atoms with Crippen molar-refractivity contribution in [3.05, 3.63) is 23.9 Å². The topological polar surface area (TPSA) is 36.4 Å². The molecule has 2 fully saturated rings. The van der Waals surface area contributed by atoms with E-state index >= 15 is 0 Å². The molecule has 1 saturated heterocycles. The number of aromatic nitrogens is 1. The zero-order valence-electron chi connectivity index (χ0n) is 10.2. The monoisotopic (exact) mass is 232 g/mol. The Balaban J connectivity index is 1.79. The highest BCUT2D eigenvalue weighted by atomic mass is 16.3. The van der Waals surface area contributed by atoms with E-state index in [-0.39, 0.29) is 12.0 Å². The largest absolute Gasteiger partial charge is 0.395 e. The summed E-state index contributed by atoms with van der Waals surface area (Å²) < 4.78 is 0. The minimum absolute atomic E-state index is 0.0243. The van der Waals surface area contributed by atoms with Gasteiger partial charge < -0.3 is 10.0 Å². The summed E-state index contributed by atoms with van der Waals surface area (Å²) in [6, 6.07) is 4.28. The molecule has 1 aliphatic carbocycles. The number of aliphatic hydroxyl groups is 1. The van der Waals surface area contributed by atoms with Crippen molar-refractivity contribution in [2.75, 3.05) is 24.6 Å². The Bertz CT molecular complexity index is 372. The Labute approximate surface area is 102 Å². The van der Waals surface area contributed by atoms with Crippen LogP contribution < -0.4 is 4.90 Å². The quantitative estimate of drug-likeness (QED) is 0.867. The van der Waals surface area contributed by atoms with Crippen molar-refractivity contribution < 1.29 is 5.11 Å². The normalized spacial score (nSPS) is 22.5. The summed E-state index contributed by atoms with van der Waals surface area (Å²) >= 11 is 0. The highest BCUT2D eigenvalue weighted by Crippen LogP contribution is 2.43. The van der Waals surface area contributed by atoms with Crippen LogP contribution in [0.25, 0.3) is 0 Å². The minimum Gasteiger partial charge on any atom is -0.395 e. The van der Waals surface area contributed by atoms with Crippen LogP contribution >= 0.6 is 0 Å². The summed E-state index contributed by atoms with van der Waals surface area (Å²) in [6.45, 7) is 2.53. The van der Waals surface area contributed by atoms with Crippen LogP contribution in [0.5, 0.6) is 0 Å². The Hall–Kier alpha value is -1.09. The molecule has 1 N–H and O–H groups in total. The summed E-state index contributed by atoms with van der Waals surface area (Å²) in [5, 5.41) is 9.53. The van der Waals surface area contributed by atoms with Crippen LogP contribution in [0, 0.1) is 0 Å². The van der Waals surface area contributed by atoms with Gasteiger partial charge in [0.2, 0.25) is 0 Å². The average Bonchev–Trinajstić information content (AvgIpc) is 2.83. The fourth-order valence-electron chi connectivity index (χ4n) is 2.97. The molecule has 1 aliphatic heterocycles. The van der Waals surface area contributed by atoms with Crippen molar-refractivity contribution in [1.82, 2.24) is 4.98 Å². The zero-order chi connectivity index (χ0) is 11.7. The molecule has 1 aromatic rings. The van der Waals surface area contributed by atoms with Crippen LogP contribution in [-0.2, 0) is 5.41 Å². The van der Waals surface area contributed by atoms with Crippen molar-refractivity contribution in [3.63, 3.8) is 0 Å². The summed E-state index contributed by atoms with van der Waals surface area (Å²) in [4.78, 5) is 6.91. The third-order valence-electron chi connectivity index (χ3n) is 4.40. The maximum absolute atomic E-state index is 9.53. The molecule has 1 saturated carbocycles. The van der Waals surface area contributed by atoms with Crippen molar-refractivity contribution >= 4 is 5.82 Å². The van der Waals surface area contributed by atoms with E-state index in [2.05, 4.69) is 22.0 Å². The van der Waals surface area contributed by atoms with Gasteiger partial charge in [0.1, 0.15) is 5.82 Å². The molecule has 3 heteroatoms. The number of hydrogen-bond acceptors (Lipinski definition) is 3. The third-order valence-corrected chi connectivity index (χ3v) is 4.40. The van der Waals surface area contributed by atoms with Crippen LogP contribution in [-0.4, -0.2) is 29.8 Å². The average molecular weight is 232 g/mol. The highest BCUT2D eigenvalue weighted by Gasteiger charge is 2.38. The van der Waals surface area contributed by atoms with Crippen molar-refractivity contribution in [2.45, 2.75) is 37.5 Å². The van der Waals surface area contributed by atoms with Crippen molar-refractivity contribution in [2.24, 2.45) is 0 Å². The number of pyridine rings is 1. The predicted molar refractivity (Wildman–Crippen MR) is 68.3 cm³/mol. The fraction of sp³-hybridized carbons (Fsp3) is 0.643. The van der Waals surface area contributed by atoms with Crippen LogP contribution in [0.1, 0.15) is 37.7 Å². The summed E-state index contributed by atoms with van der Waals surface area (Å²) in [5.74, 6) is 1.10. The molecule has 0 unspecified atom stereocenters. The lowest BCUT2D eigenvalue weighted by molar-refractivity contribution is 0.120. The van der Waals surface area contributed by atoms with Gasteiger partial charge in [0, 0.05) is 24.7 Å². The van der Waals surface area contributed by atoms with Crippen LogP contribution in [0.3, 0.4) is 0 Å². The van der Waals surface area contributed by atoms with E-state index in [4.69, 9.17) is 0 Å². The number of aliphatic hydroxyl groups excluding tert-OH is 1. The van der Waals surface area contributed by atoms with Gasteiger partial charge in [-0.05, 0) is 37.3 Å².